The fourth-order valence-corrected chi connectivity index (χ4v) is 1.92. The molecule has 1 aromatic carbocycles. The van der Waals surface area contributed by atoms with E-state index < -0.39 is 6.10 Å². The molecule has 0 saturated carbocycles. The SMILES string of the molecule is COCCC(C)NCC(O)c1cc(OC)ccc1OC. The molecule has 2 atom stereocenters. The number of nitrogens with one attached hydrogen (secondary N) is 1. The topological polar surface area (TPSA) is 60.0 Å². The van der Waals surface area contributed by atoms with E-state index in [2.05, 4.69) is 12.2 Å². The number of ether oxygens (including phenoxy) is 3. The minimum Gasteiger partial charge on any atom is -0.497 e. The van der Waals surface area contributed by atoms with Crippen LogP contribution in [0.2, 0.25) is 0 Å². The molecule has 0 fully saturated rings. The minimum atomic E-state index is -0.648. The van der Waals surface area contributed by atoms with Gasteiger partial charge in [0.15, 0.2) is 0 Å². The Hall–Kier alpha value is -1.30. The van der Waals surface area contributed by atoms with Crippen molar-refractivity contribution in [1.82, 2.24) is 5.32 Å². The lowest BCUT2D eigenvalue weighted by molar-refractivity contribution is 0.155. The van der Waals surface area contributed by atoms with Crippen LogP contribution in [0, 0.1) is 0 Å². The zero-order valence-electron chi connectivity index (χ0n) is 12.7. The maximum absolute atomic E-state index is 10.3. The van der Waals surface area contributed by atoms with Crippen LogP contribution in [0.1, 0.15) is 25.0 Å². The molecule has 1 rings (SSSR count). The van der Waals surface area contributed by atoms with Gasteiger partial charge in [0.05, 0.1) is 20.3 Å². The lowest BCUT2D eigenvalue weighted by Crippen LogP contribution is -2.31. The molecule has 0 spiro atoms. The number of methoxy groups -OCH3 is 3. The smallest absolute Gasteiger partial charge is 0.124 e. The monoisotopic (exact) mass is 283 g/mol. The lowest BCUT2D eigenvalue weighted by atomic mass is 10.1. The van der Waals surface area contributed by atoms with Crippen LogP contribution < -0.4 is 14.8 Å². The van der Waals surface area contributed by atoms with Gasteiger partial charge in [0, 0.05) is 31.9 Å². The largest absolute Gasteiger partial charge is 0.497 e. The van der Waals surface area contributed by atoms with Crippen molar-refractivity contribution < 1.29 is 19.3 Å². The normalized spacial score (nSPS) is 13.8. The molecule has 5 heteroatoms. The number of benzene rings is 1. The van der Waals surface area contributed by atoms with E-state index in [0.29, 0.717) is 24.7 Å². The Morgan fingerprint density at radius 2 is 1.95 bits per heavy atom. The van der Waals surface area contributed by atoms with Gasteiger partial charge in [0.2, 0.25) is 0 Å². The van der Waals surface area contributed by atoms with Crippen LogP contribution in [-0.4, -0.2) is 45.6 Å². The van der Waals surface area contributed by atoms with Gasteiger partial charge in [-0.15, -0.1) is 0 Å². The van der Waals surface area contributed by atoms with Crippen molar-refractivity contribution >= 4 is 0 Å². The fraction of sp³-hybridized carbons (Fsp3) is 0.600. The van der Waals surface area contributed by atoms with Crippen molar-refractivity contribution in [3.63, 3.8) is 0 Å². The highest BCUT2D eigenvalue weighted by Gasteiger charge is 2.15. The van der Waals surface area contributed by atoms with Crippen LogP contribution in [-0.2, 0) is 4.74 Å². The summed E-state index contributed by atoms with van der Waals surface area (Å²) in [6.45, 7) is 3.22. The van der Waals surface area contributed by atoms with Gasteiger partial charge in [-0.25, -0.2) is 0 Å². The van der Waals surface area contributed by atoms with E-state index in [9.17, 15) is 5.11 Å². The van der Waals surface area contributed by atoms with Crippen molar-refractivity contribution in [3.05, 3.63) is 23.8 Å². The molecule has 0 aliphatic carbocycles. The number of aliphatic hydroxyl groups excluding tert-OH is 1. The van der Waals surface area contributed by atoms with E-state index in [-0.39, 0.29) is 6.04 Å². The molecule has 20 heavy (non-hydrogen) atoms. The third-order valence-electron chi connectivity index (χ3n) is 3.21. The fourth-order valence-electron chi connectivity index (χ4n) is 1.92. The molecule has 2 N–H and O–H groups in total. The molecule has 0 radical (unpaired) electrons. The van der Waals surface area contributed by atoms with E-state index in [1.54, 1.807) is 33.5 Å². The minimum absolute atomic E-state index is 0.279. The second-order valence-electron chi connectivity index (χ2n) is 4.71. The second kappa shape index (κ2) is 8.79. The predicted octanol–water partition coefficient (Wildman–Crippen LogP) is 1.75. The van der Waals surface area contributed by atoms with Crippen molar-refractivity contribution in [2.75, 3.05) is 34.5 Å². The predicted molar refractivity (Wildman–Crippen MR) is 78.5 cm³/mol. The third-order valence-corrected chi connectivity index (χ3v) is 3.21. The third kappa shape index (κ3) is 5.00. The van der Waals surface area contributed by atoms with Gasteiger partial charge in [0.25, 0.3) is 0 Å². The molecule has 0 aliphatic heterocycles. The van der Waals surface area contributed by atoms with E-state index in [1.165, 1.54) is 0 Å². The Bertz CT molecular complexity index is 397. The quantitative estimate of drug-likeness (QED) is 0.723. The average Bonchev–Trinajstić information content (AvgIpc) is 2.49. The van der Waals surface area contributed by atoms with E-state index >= 15 is 0 Å². The summed E-state index contributed by atoms with van der Waals surface area (Å²) in [5, 5.41) is 13.6. The Labute approximate surface area is 120 Å². The van der Waals surface area contributed by atoms with Gasteiger partial charge in [-0.05, 0) is 31.5 Å². The highest BCUT2D eigenvalue weighted by Crippen LogP contribution is 2.29. The van der Waals surface area contributed by atoms with Crippen LogP contribution in [0.4, 0.5) is 0 Å². The lowest BCUT2D eigenvalue weighted by Gasteiger charge is -2.19. The Morgan fingerprint density at radius 1 is 1.20 bits per heavy atom. The first-order valence-corrected chi connectivity index (χ1v) is 6.74. The molecule has 0 amide bonds. The number of hydrogen-bond donors (Lipinski definition) is 2. The molecule has 0 aliphatic rings. The molecular weight excluding hydrogens is 258 g/mol. The Morgan fingerprint density at radius 3 is 2.55 bits per heavy atom. The summed E-state index contributed by atoms with van der Waals surface area (Å²) in [4.78, 5) is 0. The highest BCUT2D eigenvalue weighted by molar-refractivity contribution is 5.41. The summed E-state index contributed by atoms with van der Waals surface area (Å²) in [6.07, 6.45) is 0.253. The summed E-state index contributed by atoms with van der Waals surface area (Å²) < 4.78 is 15.5. The summed E-state index contributed by atoms with van der Waals surface area (Å²) in [5.74, 6) is 1.36. The Balaban J connectivity index is 2.63. The zero-order chi connectivity index (χ0) is 15.0. The molecule has 2 unspecified atom stereocenters. The van der Waals surface area contributed by atoms with Crippen LogP contribution in [0.3, 0.4) is 0 Å². The van der Waals surface area contributed by atoms with Gasteiger partial charge in [-0.3, -0.25) is 0 Å². The van der Waals surface area contributed by atoms with E-state index in [1.807, 2.05) is 6.07 Å². The first-order valence-electron chi connectivity index (χ1n) is 6.74. The highest BCUT2D eigenvalue weighted by atomic mass is 16.5. The molecule has 1 aromatic rings. The molecule has 0 aromatic heterocycles. The molecule has 0 saturated heterocycles. The summed E-state index contributed by atoms with van der Waals surface area (Å²) in [6, 6.07) is 5.68. The summed E-state index contributed by atoms with van der Waals surface area (Å²) >= 11 is 0. The maximum atomic E-state index is 10.3. The number of hydrogen-bond acceptors (Lipinski definition) is 5. The van der Waals surface area contributed by atoms with Crippen molar-refractivity contribution in [2.24, 2.45) is 0 Å². The van der Waals surface area contributed by atoms with Crippen LogP contribution in [0.5, 0.6) is 11.5 Å². The first kappa shape index (κ1) is 16.8. The maximum Gasteiger partial charge on any atom is 0.124 e. The van der Waals surface area contributed by atoms with Crippen LogP contribution in [0.25, 0.3) is 0 Å². The molecule has 5 nitrogen and oxygen atoms in total. The van der Waals surface area contributed by atoms with Gasteiger partial charge in [0.1, 0.15) is 11.5 Å². The zero-order valence-corrected chi connectivity index (χ0v) is 12.7. The standard InChI is InChI=1S/C15H25NO4/c1-11(7-8-18-2)16-10-14(17)13-9-12(19-3)5-6-15(13)20-4/h5-6,9,11,14,16-17H,7-8,10H2,1-4H3. The van der Waals surface area contributed by atoms with Crippen LogP contribution in [0.15, 0.2) is 18.2 Å². The van der Waals surface area contributed by atoms with Crippen LogP contribution >= 0.6 is 0 Å². The molecular formula is C15H25NO4. The Kier molecular flexibility index (Phi) is 7.36. The molecule has 0 bridgehead atoms. The van der Waals surface area contributed by atoms with Gasteiger partial charge in [-0.2, -0.15) is 0 Å². The second-order valence-corrected chi connectivity index (χ2v) is 4.71. The first-order chi connectivity index (χ1) is 9.62. The van der Waals surface area contributed by atoms with E-state index in [0.717, 1.165) is 12.0 Å². The summed E-state index contributed by atoms with van der Waals surface area (Å²) in [7, 11) is 4.87. The van der Waals surface area contributed by atoms with Crippen molar-refractivity contribution in [1.29, 1.82) is 0 Å². The number of aliphatic hydroxyl groups is 1. The van der Waals surface area contributed by atoms with Crippen molar-refractivity contribution in [3.8, 4) is 11.5 Å². The van der Waals surface area contributed by atoms with E-state index in [4.69, 9.17) is 14.2 Å². The average molecular weight is 283 g/mol. The van der Waals surface area contributed by atoms with Crippen molar-refractivity contribution in [2.45, 2.75) is 25.5 Å². The van der Waals surface area contributed by atoms with Gasteiger partial charge < -0.3 is 24.6 Å². The summed E-state index contributed by atoms with van der Waals surface area (Å²) in [5.41, 5.74) is 0.721. The molecule has 0 heterocycles. The number of rotatable bonds is 9. The molecule has 114 valence electrons. The van der Waals surface area contributed by atoms with Gasteiger partial charge >= 0.3 is 0 Å². The van der Waals surface area contributed by atoms with Gasteiger partial charge in [-0.1, -0.05) is 0 Å².